The van der Waals surface area contributed by atoms with Crippen molar-refractivity contribution in [1.29, 1.82) is 0 Å². The molecule has 1 aliphatic heterocycles. The maximum atomic E-state index is 12.5. The third kappa shape index (κ3) is 3.07. The highest BCUT2D eigenvalue weighted by atomic mass is 16.6. The number of rotatable bonds is 3. The number of nitrogens with one attached hydrogen (secondary N) is 1. The number of nitro benzene ring substituents is 1. The molecule has 1 aliphatic rings. The van der Waals surface area contributed by atoms with Crippen LogP contribution in [0.25, 0.3) is 5.69 Å². The summed E-state index contributed by atoms with van der Waals surface area (Å²) in [6.45, 7) is 4.20. The predicted octanol–water partition coefficient (Wildman–Crippen LogP) is 1.21. The standard InChI is InChI=1S/C15H17N5O3/c1-11-10-16-7-9-18(11)15(21)14-6-8-19(17-14)12-2-4-13(5-3-12)20(22)23/h2-6,8,11,16H,7,9-10H2,1H3/t11-/m0/s1. The number of hydrogen-bond acceptors (Lipinski definition) is 5. The molecule has 3 rings (SSSR count). The molecule has 0 spiro atoms. The van der Waals surface area contributed by atoms with Gasteiger partial charge in [0, 0.05) is 44.0 Å². The molecule has 0 bridgehead atoms. The topological polar surface area (TPSA) is 93.3 Å². The van der Waals surface area contributed by atoms with Gasteiger partial charge in [0.25, 0.3) is 11.6 Å². The van der Waals surface area contributed by atoms with Crippen molar-refractivity contribution in [2.75, 3.05) is 19.6 Å². The van der Waals surface area contributed by atoms with Crippen LogP contribution in [0.3, 0.4) is 0 Å². The van der Waals surface area contributed by atoms with E-state index < -0.39 is 4.92 Å². The lowest BCUT2D eigenvalue weighted by molar-refractivity contribution is -0.384. The highest BCUT2D eigenvalue weighted by molar-refractivity contribution is 5.92. The second-order valence-corrected chi connectivity index (χ2v) is 5.47. The van der Waals surface area contributed by atoms with Crippen molar-refractivity contribution < 1.29 is 9.72 Å². The van der Waals surface area contributed by atoms with Gasteiger partial charge in [0.1, 0.15) is 0 Å². The molecule has 23 heavy (non-hydrogen) atoms. The summed E-state index contributed by atoms with van der Waals surface area (Å²) in [5.74, 6) is -0.0975. The lowest BCUT2D eigenvalue weighted by Gasteiger charge is -2.33. The van der Waals surface area contributed by atoms with Crippen molar-refractivity contribution in [3.8, 4) is 5.69 Å². The van der Waals surface area contributed by atoms with E-state index in [2.05, 4.69) is 10.4 Å². The van der Waals surface area contributed by atoms with Crippen LogP contribution in [0.5, 0.6) is 0 Å². The second-order valence-electron chi connectivity index (χ2n) is 5.47. The molecule has 1 aromatic carbocycles. The monoisotopic (exact) mass is 315 g/mol. The fourth-order valence-corrected chi connectivity index (χ4v) is 2.60. The zero-order chi connectivity index (χ0) is 16.4. The molecule has 0 unspecified atom stereocenters. The average molecular weight is 315 g/mol. The molecule has 1 aromatic heterocycles. The molecule has 1 N–H and O–H groups in total. The molecule has 8 heteroatoms. The third-order valence-corrected chi connectivity index (χ3v) is 3.90. The van der Waals surface area contributed by atoms with Crippen LogP contribution in [0.15, 0.2) is 36.5 Å². The molecule has 0 radical (unpaired) electrons. The van der Waals surface area contributed by atoms with Crippen LogP contribution >= 0.6 is 0 Å². The first-order valence-corrected chi connectivity index (χ1v) is 7.38. The average Bonchev–Trinajstić information content (AvgIpc) is 3.05. The van der Waals surface area contributed by atoms with Crippen molar-refractivity contribution in [1.82, 2.24) is 20.0 Å². The van der Waals surface area contributed by atoms with Crippen LogP contribution in [0, 0.1) is 10.1 Å². The lowest BCUT2D eigenvalue weighted by atomic mass is 10.2. The minimum Gasteiger partial charge on any atom is -0.332 e. The Kier molecular flexibility index (Phi) is 4.07. The molecule has 8 nitrogen and oxygen atoms in total. The maximum Gasteiger partial charge on any atom is 0.274 e. The Labute approximate surface area is 132 Å². The lowest BCUT2D eigenvalue weighted by Crippen LogP contribution is -2.52. The largest absolute Gasteiger partial charge is 0.332 e. The molecule has 0 aliphatic carbocycles. The summed E-state index contributed by atoms with van der Waals surface area (Å²) in [7, 11) is 0. The van der Waals surface area contributed by atoms with Gasteiger partial charge >= 0.3 is 0 Å². The Morgan fingerprint density at radius 3 is 2.74 bits per heavy atom. The molecule has 2 heterocycles. The van der Waals surface area contributed by atoms with E-state index in [1.807, 2.05) is 6.92 Å². The molecule has 1 saturated heterocycles. The highest BCUT2D eigenvalue weighted by Gasteiger charge is 2.25. The molecular formula is C15H17N5O3. The Morgan fingerprint density at radius 2 is 2.09 bits per heavy atom. The van der Waals surface area contributed by atoms with Crippen LogP contribution in [-0.4, -0.2) is 51.2 Å². The van der Waals surface area contributed by atoms with E-state index in [9.17, 15) is 14.9 Å². The summed E-state index contributed by atoms with van der Waals surface area (Å²) >= 11 is 0. The fraction of sp³-hybridized carbons (Fsp3) is 0.333. The molecule has 0 saturated carbocycles. The normalized spacial score (nSPS) is 18.0. The molecule has 120 valence electrons. The van der Waals surface area contributed by atoms with Crippen molar-refractivity contribution in [3.05, 3.63) is 52.3 Å². The van der Waals surface area contributed by atoms with Gasteiger partial charge in [0.05, 0.1) is 10.6 Å². The van der Waals surface area contributed by atoms with Gasteiger partial charge in [-0.05, 0) is 25.1 Å². The molecular weight excluding hydrogens is 298 g/mol. The number of carbonyl (C=O) groups excluding carboxylic acids is 1. The zero-order valence-electron chi connectivity index (χ0n) is 12.7. The Balaban J connectivity index is 1.79. The summed E-state index contributed by atoms with van der Waals surface area (Å²) in [4.78, 5) is 24.6. The molecule has 1 fully saturated rings. The van der Waals surface area contributed by atoms with Crippen LogP contribution in [0.2, 0.25) is 0 Å². The maximum absolute atomic E-state index is 12.5. The van der Waals surface area contributed by atoms with Gasteiger partial charge in [0.15, 0.2) is 5.69 Å². The van der Waals surface area contributed by atoms with Gasteiger partial charge in [-0.1, -0.05) is 0 Å². The van der Waals surface area contributed by atoms with E-state index >= 15 is 0 Å². The van der Waals surface area contributed by atoms with E-state index in [0.29, 0.717) is 17.9 Å². The van der Waals surface area contributed by atoms with Gasteiger partial charge < -0.3 is 10.2 Å². The number of non-ortho nitro benzene ring substituents is 1. The first kappa shape index (κ1) is 15.2. The fourth-order valence-electron chi connectivity index (χ4n) is 2.60. The Hall–Kier alpha value is -2.74. The van der Waals surface area contributed by atoms with Crippen LogP contribution in [-0.2, 0) is 0 Å². The van der Waals surface area contributed by atoms with Gasteiger partial charge in [-0.15, -0.1) is 0 Å². The van der Waals surface area contributed by atoms with Crippen LogP contribution in [0.1, 0.15) is 17.4 Å². The van der Waals surface area contributed by atoms with Crippen molar-refractivity contribution in [3.63, 3.8) is 0 Å². The van der Waals surface area contributed by atoms with E-state index in [1.165, 1.54) is 12.1 Å². The summed E-state index contributed by atoms with van der Waals surface area (Å²) in [5, 5.41) is 18.2. The van der Waals surface area contributed by atoms with Crippen molar-refractivity contribution in [2.45, 2.75) is 13.0 Å². The van der Waals surface area contributed by atoms with Gasteiger partial charge in [-0.25, -0.2) is 4.68 Å². The van der Waals surface area contributed by atoms with E-state index in [-0.39, 0.29) is 17.6 Å². The number of aromatic nitrogens is 2. The summed E-state index contributed by atoms with van der Waals surface area (Å²) in [6, 6.07) is 7.83. The van der Waals surface area contributed by atoms with Crippen molar-refractivity contribution in [2.24, 2.45) is 0 Å². The minimum absolute atomic E-state index is 0.0202. The minimum atomic E-state index is -0.451. The smallest absolute Gasteiger partial charge is 0.274 e. The predicted molar refractivity (Wildman–Crippen MR) is 83.6 cm³/mol. The highest BCUT2D eigenvalue weighted by Crippen LogP contribution is 2.16. The van der Waals surface area contributed by atoms with Gasteiger partial charge in [-0.2, -0.15) is 5.10 Å². The summed E-state index contributed by atoms with van der Waals surface area (Å²) < 4.78 is 1.55. The SMILES string of the molecule is C[C@H]1CNCCN1C(=O)c1ccn(-c2ccc([N+](=O)[O-])cc2)n1. The first-order chi connectivity index (χ1) is 11.1. The molecule has 2 aromatic rings. The number of nitrogens with zero attached hydrogens (tertiary/aromatic N) is 4. The molecule has 1 amide bonds. The van der Waals surface area contributed by atoms with E-state index in [0.717, 1.165) is 13.1 Å². The number of amides is 1. The number of hydrogen-bond donors (Lipinski definition) is 1. The second kappa shape index (κ2) is 6.17. The number of nitro groups is 1. The zero-order valence-corrected chi connectivity index (χ0v) is 12.7. The first-order valence-electron chi connectivity index (χ1n) is 7.38. The Bertz CT molecular complexity index is 725. The van der Waals surface area contributed by atoms with Crippen LogP contribution in [0.4, 0.5) is 5.69 Å². The molecule has 1 atom stereocenters. The number of benzene rings is 1. The van der Waals surface area contributed by atoms with Crippen molar-refractivity contribution >= 4 is 11.6 Å². The number of piperazine rings is 1. The third-order valence-electron chi connectivity index (χ3n) is 3.90. The quantitative estimate of drug-likeness (QED) is 0.679. The number of carbonyl (C=O) groups is 1. The van der Waals surface area contributed by atoms with Gasteiger partial charge in [-0.3, -0.25) is 14.9 Å². The Morgan fingerprint density at radius 1 is 1.35 bits per heavy atom. The summed E-state index contributed by atoms with van der Waals surface area (Å²) in [6.07, 6.45) is 1.68. The summed E-state index contributed by atoms with van der Waals surface area (Å²) in [5.41, 5.74) is 1.06. The van der Waals surface area contributed by atoms with E-state index in [4.69, 9.17) is 0 Å². The van der Waals surface area contributed by atoms with Gasteiger partial charge in [0.2, 0.25) is 0 Å². The van der Waals surface area contributed by atoms with Crippen LogP contribution < -0.4 is 5.32 Å². The van der Waals surface area contributed by atoms with E-state index in [1.54, 1.807) is 34.0 Å².